The van der Waals surface area contributed by atoms with Gasteiger partial charge in [-0.25, -0.2) is 0 Å². The molecule has 0 aliphatic carbocycles. The van der Waals surface area contributed by atoms with Gasteiger partial charge in [0.25, 0.3) is 5.91 Å². The summed E-state index contributed by atoms with van der Waals surface area (Å²) < 4.78 is 5.64. The third-order valence-corrected chi connectivity index (χ3v) is 4.80. The van der Waals surface area contributed by atoms with Gasteiger partial charge in [0.2, 0.25) is 0 Å². The molecule has 126 valence electrons. The van der Waals surface area contributed by atoms with Gasteiger partial charge in [0.15, 0.2) is 0 Å². The molecule has 1 amide bonds. The molecule has 0 N–H and O–H groups in total. The second kappa shape index (κ2) is 7.88. The van der Waals surface area contributed by atoms with Crippen molar-refractivity contribution in [2.24, 2.45) is 5.92 Å². The predicted octanol–water partition coefficient (Wildman–Crippen LogP) is 1.93. The fourth-order valence-electron chi connectivity index (χ4n) is 3.63. The van der Waals surface area contributed by atoms with E-state index in [0.29, 0.717) is 5.92 Å². The van der Waals surface area contributed by atoms with E-state index < -0.39 is 0 Å². The molecule has 2 aliphatic rings. The fraction of sp³-hybridized carbons (Fsp3) is 0.667. The molecule has 2 aliphatic heterocycles. The molecular formula is C18H27N3O2. The first-order chi connectivity index (χ1) is 11.2. The van der Waals surface area contributed by atoms with Crippen LogP contribution in [-0.4, -0.2) is 60.1 Å². The minimum atomic E-state index is -0.185. The highest BCUT2D eigenvalue weighted by molar-refractivity contribution is 5.81. The summed E-state index contributed by atoms with van der Waals surface area (Å²) in [7, 11) is 2.14. The van der Waals surface area contributed by atoms with Gasteiger partial charge in [-0.3, -0.25) is 9.78 Å². The molecule has 2 fully saturated rings. The number of aromatic nitrogens is 1. The topological polar surface area (TPSA) is 45.7 Å². The number of rotatable bonds is 5. The molecule has 23 heavy (non-hydrogen) atoms. The Morgan fingerprint density at radius 1 is 1.43 bits per heavy atom. The Hall–Kier alpha value is -1.46. The van der Waals surface area contributed by atoms with E-state index in [1.165, 1.54) is 5.56 Å². The average molecular weight is 317 g/mol. The third kappa shape index (κ3) is 4.52. The van der Waals surface area contributed by atoms with Crippen LogP contribution in [0.2, 0.25) is 0 Å². The van der Waals surface area contributed by atoms with Gasteiger partial charge in [-0.05, 0) is 50.3 Å². The van der Waals surface area contributed by atoms with Crippen molar-refractivity contribution in [3.8, 4) is 0 Å². The van der Waals surface area contributed by atoms with E-state index in [0.717, 1.165) is 58.5 Å². The quantitative estimate of drug-likeness (QED) is 0.832. The highest BCUT2D eigenvalue weighted by atomic mass is 16.5. The maximum Gasteiger partial charge on any atom is 0.251 e. The van der Waals surface area contributed by atoms with Gasteiger partial charge in [-0.1, -0.05) is 6.07 Å². The summed E-state index contributed by atoms with van der Waals surface area (Å²) in [5.41, 5.74) is 1.23. The molecule has 1 aromatic rings. The Kier molecular flexibility index (Phi) is 5.62. The monoisotopic (exact) mass is 317 g/mol. The summed E-state index contributed by atoms with van der Waals surface area (Å²) in [5.74, 6) is 0.770. The average Bonchev–Trinajstić information content (AvgIpc) is 3.04. The number of hydrogen-bond donors (Lipinski definition) is 0. The Balaban J connectivity index is 1.45. The highest BCUT2D eigenvalue weighted by Gasteiger charge is 2.32. The molecule has 2 atom stereocenters. The van der Waals surface area contributed by atoms with Gasteiger partial charge in [-0.2, -0.15) is 0 Å². The van der Waals surface area contributed by atoms with E-state index >= 15 is 0 Å². The van der Waals surface area contributed by atoms with E-state index in [1.807, 2.05) is 17.2 Å². The van der Waals surface area contributed by atoms with Crippen molar-refractivity contribution in [2.75, 3.05) is 33.3 Å². The first kappa shape index (κ1) is 16.4. The van der Waals surface area contributed by atoms with Crippen LogP contribution in [0.3, 0.4) is 0 Å². The zero-order valence-electron chi connectivity index (χ0n) is 14.0. The molecule has 5 nitrogen and oxygen atoms in total. The number of nitrogens with zero attached hydrogens (tertiary/aromatic N) is 3. The molecule has 0 spiro atoms. The molecule has 1 aromatic heterocycles. The van der Waals surface area contributed by atoms with Crippen molar-refractivity contribution in [1.82, 2.24) is 14.8 Å². The van der Waals surface area contributed by atoms with Crippen LogP contribution in [0.1, 0.15) is 31.2 Å². The van der Waals surface area contributed by atoms with Crippen molar-refractivity contribution in [3.63, 3.8) is 0 Å². The molecule has 0 bridgehead atoms. The van der Waals surface area contributed by atoms with Gasteiger partial charge in [-0.15, -0.1) is 0 Å². The van der Waals surface area contributed by atoms with Crippen LogP contribution in [0.15, 0.2) is 24.5 Å². The lowest BCUT2D eigenvalue weighted by atomic mass is 10.1. The van der Waals surface area contributed by atoms with Crippen molar-refractivity contribution in [2.45, 2.75) is 38.3 Å². The predicted molar refractivity (Wildman–Crippen MR) is 88.8 cm³/mol. The first-order valence-corrected chi connectivity index (χ1v) is 8.70. The Morgan fingerprint density at radius 2 is 2.35 bits per heavy atom. The maximum atomic E-state index is 12.5. The molecule has 0 aromatic carbocycles. The van der Waals surface area contributed by atoms with Crippen LogP contribution in [0, 0.1) is 5.92 Å². The van der Waals surface area contributed by atoms with E-state index in [4.69, 9.17) is 4.74 Å². The van der Waals surface area contributed by atoms with Crippen LogP contribution >= 0.6 is 0 Å². The summed E-state index contributed by atoms with van der Waals surface area (Å²) in [6, 6.07) is 4.08. The number of amides is 1. The number of hydrogen-bond acceptors (Lipinski definition) is 4. The van der Waals surface area contributed by atoms with Gasteiger partial charge in [0.1, 0.15) is 6.10 Å². The van der Waals surface area contributed by atoms with E-state index in [1.54, 1.807) is 6.20 Å². The summed E-state index contributed by atoms with van der Waals surface area (Å²) in [6.45, 7) is 4.41. The van der Waals surface area contributed by atoms with E-state index in [9.17, 15) is 4.79 Å². The van der Waals surface area contributed by atoms with Crippen molar-refractivity contribution < 1.29 is 9.53 Å². The number of likely N-dealkylation sites (tertiary alicyclic amines) is 1. The fourth-order valence-corrected chi connectivity index (χ4v) is 3.63. The lowest BCUT2D eigenvalue weighted by molar-refractivity contribution is -0.145. The molecule has 2 saturated heterocycles. The number of ether oxygens (including phenoxy) is 1. The number of carbonyl (C=O) groups is 1. The third-order valence-electron chi connectivity index (χ3n) is 4.80. The zero-order valence-corrected chi connectivity index (χ0v) is 14.0. The molecule has 5 heteroatoms. The minimum absolute atomic E-state index is 0.185. The maximum absolute atomic E-state index is 12.5. The van der Waals surface area contributed by atoms with Crippen LogP contribution in [0.25, 0.3) is 0 Å². The van der Waals surface area contributed by atoms with Gasteiger partial charge >= 0.3 is 0 Å². The van der Waals surface area contributed by atoms with Gasteiger partial charge in [0, 0.05) is 45.2 Å². The lowest BCUT2D eigenvalue weighted by Gasteiger charge is -2.27. The minimum Gasteiger partial charge on any atom is -0.368 e. The molecule has 3 heterocycles. The Morgan fingerprint density at radius 3 is 3.09 bits per heavy atom. The number of carbonyl (C=O) groups excluding carboxylic acids is 1. The summed E-state index contributed by atoms with van der Waals surface area (Å²) in [4.78, 5) is 21.0. The van der Waals surface area contributed by atoms with E-state index in [-0.39, 0.29) is 12.0 Å². The van der Waals surface area contributed by atoms with Crippen molar-refractivity contribution >= 4 is 5.91 Å². The normalized spacial score (nSPS) is 25.0. The molecular weight excluding hydrogens is 290 g/mol. The standard InChI is InChI=1S/C18H27N3O2/c1-20(12-15-5-4-8-19-11-15)13-16-7-9-21(14-16)18(22)17-6-2-3-10-23-17/h4-5,8,11,16-17H,2-3,6-7,9-10,12-14H2,1H3/t16-,17+/m0/s1. The first-order valence-electron chi connectivity index (χ1n) is 8.70. The van der Waals surface area contributed by atoms with Crippen LogP contribution < -0.4 is 0 Å². The van der Waals surface area contributed by atoms with E-state index in [2.05, 4.69) is 23.0 Å². The Labute approximate surface area is 138 Å². The SMILES string of the molecule is CN(Cc1cccnc1)C[C@@H]1CCN(C(=O)[C@H]2CCCCO2)C1. The van der Waals surface area contributed by atoms with Gasteiger partial charge in [0.05, 0.1) is 0 Å². The molecule has 3 rings (SSSR count). The van der Waals surface area contributed by atoms with Gasteiger partial charge < -0.3 is 14.5 Å². The number of pyridine rings is 1. The highest BCUT2D eigenvalue weighted by Crippen LogP contribution is 2.22. The molecule has 0 saturated carbocycles. The van der Waals surface area contributed by atoms with Crippen LogP contribution in [-0.2, 0) is 16.1 Å². The molecule has 0 radical (unpaired) electrons. The van der Waals surface area contributed by atoms with Crippen molar-refractivity contribution in [3.05, 3.63) is 30.1 Å². The largest absolute Gasteiger partial charge is 0.368 e. The smallest absolute Gasteiger partial charge is 0.251 e. The molecule has 0 unspecified atom stereocenters. The Bertz CT molecular complexity index is 502. The summed E-state index contributed by atoms with van der Waals surface area (Å²) in [5, 5.41) is 0. The van der Waals surface area contributed by atoms with Crippen molar-refractivity contribution in [1.29, 1.82) is 0 Å². The second-order valence-electron chi connectivity index (χ2n) is 6.85. The second-order valence-corrected chi connectivity index (χ2v) is 6.85. The zero-order chi connectivity index (χ0) is 16.1. The summed E-state index contributed by atoms with van der Waals surface area (Å²) in [6.07, 6.45) is 7.72. The lowest BCUT2D eigenvalue weighted by Crippen LogP contribution is -2.41. The summed E-state index contributed by atoms with van der Waals surface area (Å²) >= 11 is 0. The van der Waals surface area contributed by atoms with Crippen LogP contribution in [0.4, 0.5) is 0 Å². The van der Waals surface area contributed by atoms with Crippen LogP contribution in [0.5, 0.6) is 0 Å².